The highest BCUT2D eigenvalue weighted by atomic mass is 15.3. The van der Waals surface area contributed by atoms with Crippen molar-refractivity contribution in [3.63, 3.8) is 0 Å². The maximum Gasteiger partial charge on any atom is 0.0404 e. The molecule has 1 rings (SSSR count). The zero-order valence-corrected chi connectivity index (χ0v) is 18.8. The van der Waals surface area contributed by atoms with Gasteiger partial charge in [-0.25, -0.2) is 0 Å². The molecule has 0 aromatic rings. The van der Waals surface area contributed by atoms with Crippen LogP contribution in [0, 0.1) is 5.41 Å². The van der Waals surface area contributed by atoms with Crippen LogP contribution >= 0.6 is 0 Å². The molecule has 1 atom stereocenters. The lowest BCUT2D eigenvalue weighted by Crippen LogP contribution is -2.79. The van der Waals surface area contributed by atoms with Gasteiger partial charge in [0.05, 0.1) is 0 Å². The second kappa shape index (κ2) is 7.48. The van der Waals surface area contributed by atoms with Crippen LogP contribution in [0.15, 0.2) is 0 Å². The van der Waals surface area contributed by atoms with E-state index in [1.54, 1.807) is 0 Å². The van der Waals surface area contributed by atoms with E-state index in [0.717, 1.165) is 19.4 Å². The molecule has 1 aliphatic carbocycles. The van der Waals surface area contributed by atoms with E-state index in [4.69, 9.17) is 11.5 Å². The van der Waals surface area contributed by atoms with Crippen LogP contribution in [0.4, 0.5) is 0 Å². The first-order chi connectivity index (χ1) is 11.1. The molecule has 3 nitrogen and oxygen atoms in total. The van der Waals surface area contributed by atoms with Crippen molar-refractivity contribution in [2.75, 3.05) is 6.54 Å². The smallest absolute Gasteiger partial charge is 0.0404 e. The minimum atomic E-state index is -0.264. The van der Waals surface area contributed by atoms with Crippen molar-refractivity contribution in [3.8, 4) is 0 Å². The second-order valence-corrected chi connectivity index (χ2v) is 11.4. The van der Waals surface area contributed by atoms with Crippen LogP contribution < -0.4 is 11.5 Å². The topological polar surface area (TPSA) is 55.3 Å². The van der Waals surface area contributed by atoms with Crippen molar-refractivity contribution in [1.29, 1.82) is 0 Å². The summed E-state index contributed by atoms with van der Waals surface area (Å²) in [5.41, 5.74) is 13.3. The predicted molar refractivity (Wildman–Crippen MR) is 112 cm³/mol. The van der Waals surface area contributed by atoms with Crippen LogP contribution in [-0.4, -0.2) is 33.6 Å². The minimum absolute atomic E-state index is 0.00910. The molecule has 150 valence electrons. The molecular weight excluding hydrogens is 306 g/mol. The Kier molecular flexibility index (Phi) is 6.86. The van der Waals surface area contributed by atoms with Gasteiger partial charge in [0.1, 0.15) is 0 Å². The third-order valence-corrected chi connectivity index (χ3v) is 6.39. The number of nitrogens with zero attached hydrogens (tertiary/aromatic N) is 1. The van der Waals surface area contributed by atoms with Gasteiger partial charge in [0.25, 0.3) is 0 Å². The van der Waals surface area contributed by atoms with Crippen molar-refractivity contribution < 1.29 is 0 Å². The molecule has 0 radical (unpaired) electrons. The first-order valence-corrected chi connectivity index (χ1v) is 10.4. The average Bonchev–Trinajstić information content (AvgIpc) is 2.41. The van der Waals surface area contributed by atoms with Crippen molar-refractivity contribution in [2.24, 2.45) is 16.9 Å². The van der Waals surface area contributed by atoms with Crippen LogP contribution in [0.3, 0.4) is 0 Å². The molecular formula is C22H47N3. The molecule has 4 N–H and O–H groups in total. The molecule has 0 heterocycles. The van der Waals surface area contributed by atoms with Gasteiger partial charge in [0.15, 0.2) is 0 Å². The molecule has 1 aliphatic rings. The first kappa shape index (κ1) is 22.9. The van der Waals surface area contributed by atoms with Gasteiger partial charge >= 0.3 is 0 Å². The Hall–Kier alpha value is -0.120. The molecule has 1 fully saturated rings. The Morgan fingerprint density at radius 2 is 1.24 bits per heavy atom. The van der Waals surface area contributed by atoms with Gasteiger partial charge < -0.3 is 11.5 Å². The van der Waals surface area contributed by atoms with E-state index in [9.17, 15) is 0 Å². The quantitative estimate of drug-likeness (QED) is 0.725. The van der Waals surface area contributed by atoms with Crippen LogP contribution in [0.1, 0.15) is 107 Å². The van der Waals surface area contributed by atoms with Gasteiger partial charge in [0.2, 0.25) is 0 Å². The summed E-state index contributed by atoms with van der Waals surface area (Å²) in [6.45, 7) is 21.9. The van der Waals surface area contributed by atoms with Crippen molar-refractivity contribution in [2.45, 2.75) is 129 Å². The van der Waals surface area contributed by atoms with Crippen LogP contribution in [0.2, 0.25) is 0 Å². The highest BCUT2D eigenvalue weighted by Crippen LogP contribution is 2.54. The van der Waals surface area contributed by atoms with E-state index in [0.29, 0.717) is 0 Å². The van der Waals surface area contributed by atoms with Gasteiger partial charge in [-0.15, -0.1) is 0 Å². The lowest BCUT2D eigenvalue weighted by atomic mass is 9.54. The number of rotatable bonds is 5. The third kappa shape index (κ3) is 4.42. The van der Waals surface area contributed by atoms with Gasteiger partial charge in [-0.3, -0.25) is 4.90 Å². The van der Waals surface area contributed by atoms with Gasteiger partial charge in [-0.2, -0.15) is 0 Å². The summed E-state index contributed by atoms with van der Waals surface area (Å²) in [5.74, 6) is 0. The lowest BCUT2D eigenvalue weighted by Gasteiger charge is -2.67. The maximum absolute atomic E-state index is 7.47. The Morgan fingerprint density at radius 1 is 0.800 bits per heavy atom. The Labute approximate surface area is 158 Å². The van der Waals surface area contributed by atoms with E-state index in [1.807, 2.05) is 0 Å². The second-order valence-electron chi connectivity index (χ2n) is 11.4. The van der Waals surface area contributed by atoms with E-state index in [2.05, 4.69) is 67.2 Å². The molecule has 0 saturated heterocycles. The fraction of sp³-hybridized carbons (Fsp3) is 1.00. The molecule has 3 heteroatoms. The van der Waals surface area contributed by atoms with Crippen molar-refractivity contribution in [3.05, 3.63) is 0 Å². The van der Waals surface area contributed by atoms with Gasteiger partial charge in [-0.05, 0) is 79.2 Å². The molecule has 1 saturated carbocycles. The van der Waals surface area contributed by atoms with Gasteiger partial charge in [0, 0.05) is 22.2 Å². The highest BCUT2D eigenvalue weighted by molar-refractivity contribution is 5.19. The molecule has 1 unspecified atom stereocenters. The Morgan fingerprint density at radius 3 is 1.56 bits per heavy atom. The summed E-state index contributed by atoms with van der Waals surface area (Å²) < 4.78 is 0. The predicted octanol–water partition coefficient (Wildman–Crippen LogP) is 5.07. The molecule has 25 heavy (non-hydrogen) atoms. The average molecular weight is 354 g/mol. The van der Waals surface area contributed by atoms with Crippen LogP contribution in [0.25, 0.3) is 0 Å². The number of hydrogen-bond donors (Lipinski definition) is 2. The Bertz CT molecular complexity index is 402. The molecule has 0 aromatic carbocycles. The van der Waals surface area contributed by atoms with E-state index < -0.39 is 0 Å². The normalized spacial score (nSPS) is 22.1. The summed E-state index contributed by atoms with van der Waals surface area (Å²) in [6, 6.07) is 0. The zero-order valence-electron chi connectivity index (χ0n) is 18.8. The summed E-state index contributed by atoms with van der Waals surface area (Å²) in [6.07, 6.45) is 8.27. The monoisotopic (exact) mass is 353 g/mol. The number of nitrogens with two attached hydrogens (primary N) is 2. The molecule has 0 amide bonds. The third-order valence-electron chi connectivity index (χ3n) is 6.39. The van der Waals surface area contributed by atoms with Crippen molar-refractivity contribution in [1.82, 2.24) is 4.90 Å². The van der Waals surface area contributed by atoms with E-state index in [1.165, 1.54) is 32.1 Å². The summed E-state index contributed by atoms with van der Waals surface area (Å²) in [4.78, 5) is 2.79. The zero-order chi connectivity index (χ0) is 19.7. The van der Waals surface area contributed by atoms with E-state index >= 15 is 0 Å². The largest absolute Gasteiger partial charge is 0.330 e. The lowest BCUT2D eigenvalue weighted by molar-refractivity contribution is -0.147. The highest BCUT2D eigenvalue weighted by Gasteiger charge is 2.61. The standard InChI is InChI=1S/C22H47N3/c1-18(2,3)22(24,16-13-17-23)21(14-11-10-12-15-21)25(19(4,5)6)20(7,8)9/h10-17,23-24H2,1-9H3. The van der Waals surface area contributed by atoms with Crippen LogP contribution in [-0.2, 0) is 0 Å². The van der Waals surface area contributed by atoms with Crippen molar-refractivity contribution >= 4 is 0 Å². The molecule has 0 bridgehead atoms. The molecule has 0 aliphatic heterocycles. The minimum Gasteiger partial charge on any atom is -0.330 e. The fourth-order valence-electron chi connectivity index (χ4n) is 5.98. The summed E-state index contributed by atoms with van der Waals surface area (Å²) >= 11 is 0. The first-order valence-electron chi connectivity index (χ1n) is 10.4. The Balaban J connectivity index is 3.66. The number of hydrogen-bond acceptors (Lipinski definition) is 3. The molecule has 0 spiro atoms. The van der Waals surface area contributed by atoms with E-state index in [-0.39, 0.29) is 27.6 Å². The molecule has 0 aromatic heterocycles. The van der Waals surface area contributed by atoms with Gasteiger partial charge in [-0.1, -0.05) is 40.0 Å². The fourth-order valence-corrected chi connectivity index (χ4v) is 5.98. The van der Waals surface area contributed by atoms with Crippen LogP contribution in [0.5, 0.6) is 0 Å². The summed E-state index contributed by atoms with van der Waals surface area (Å²) in [5, 5.41) is 0. The summed E-state index contributed by atoms with van der Waals surface area (Å²) in [7, 11) is 0. The maximum atomic E-state index is 7.47. The SMILES string of the molecule is CC(C)(C)N(C(C)(C)C)C1(C(N)(CCCN)C(C)(C)C)CCCCC1.